The Balaban J connectivity index is 1.60. The molecule has 2 heterocycles. The van der Waals surface area contributed by atoms with Crippen molar-refractivity contribution in [2.45, 2.75) is 12.8 Å². The minimum absolute atomic E-state index is 0.0280. The second kappa shape index (κ2) is 7.59. The summed E-state index contributed by atoms with van der Waals surface area (Å²) in [6.07, 6.45) is 3.06. The van der Waals surface area contributed by atoms with Crippen LogP contribution in [0, 0.1) is 11.7 Å². The third kappa shape index (κ3) is 4.21. The lowest BCUT2D eigenvalue weighted by molar-refractivity contribution is -0.122. The smallest absolute Gasteiger partial charge is 0.228 e. The van der Waals surface area contributed by atoms with Gasteiger partial charge in [-0.05, 0) is 43.2 Å². The van der Waals surface area contributed by atoms with Crippen molar-refractivity contribution < 1.29 is 13.9 Å². The van der Waals surface area contributed by atoms with Crippen LogP contribution in [-0.4, -0.2) is 24.1 Å². The van der Waals surface area contributed by atoms with Gasteiger partial charge in [0.1, 0.15) is 11.6 Å². The molecule has 0 aliphatic carbocycles. The fourth-order valence-corrected chi connectivity index (χ4v) is 2.65. The molecule has 2 N–H and O–H groups in total. The number of nitrogens with one attached hydrogen (secondary N) is 2. The zero-order valence-electron chi connectivity index (χ0n) is 12.9. The largest absolute Gasteiger partial charge is 0.381 e. The van der Waals surface area contributed by atoms with Gasteiger partial charge in [0.25, 0.3) is 0 Å². The third-order valence-corrected chi connectivity index (χ3v) is 4.10. The average molecular weight is 350 g/mol. The van der Waals surface area contributed by atoms with Gasteiger partial charge in [-0.2, -0.15) is 0 Å². The third-order valence-electron chi connectivity index (χ3n) is 3.82. The highest BCUT2D eigenvalue weighted by Crippen LogP contribution is 2.23. The standard InChI is InChI=1S/C17H17ClFN3O2/c18-14-9-12(1-3-15(14)19)21-13-2-4-16(20-10-13)22-17(23)11-5-7-24-8-6-11/h1-4,9-11,21H,5-8H2,(H,20,22,23). The quantitative estimate of drug-likeness (QED) is 0.876. The van der Waals surface area contributed by atoms with E-state index in [0.29, 0.717) is 30.4 Å². The predicted octanol–water partition coefficient (Wildman–Crippen LogP) is 3.98. The van der Waals surface area contributed by atoms with Gasteiger partial charge in [0, 0.05) is 24.8 Å². The van der Waals surface area contributed by atoms with Gasteiger partial charge in [-0.15, -0.1) is 0 Å². The van der Waals surface area contributed by atoms with Gasteiger partial charge < -0.3 is 15.4 Å². The van der Waals surface area contributed by atoms with Crippen LogP contribution in [0.2, 0.25) is 5.02 Å². The second-order valence-electron chi connectivity index (χ2n) is 5.56. The van der Waals surface area contributed by atoms with Crippen LogP contribution in [-0.2, 0) is 9.53 Å². The Morgan fingerprint density at radius 3 is 2.62 bits per heavy atom. The summed E-state index contributed by atoms with van der Waals surface area (Å²) in [5.41, 5.74) is 1.36. The molecule has 1 fully saturated rings. The zero-order chi connectivity index (χ0) is 16.9. The van der Waals surface area contributed by atoms with E-state index < -0.39 is 5.82 Å². The molecule has 126 valence electrons. The molecular formula is C17H17ClFN3O2. The van der Waals surface area contributed by atoms with Gasteiger partial charge in [0.15, 0.2) is 0 Å². The van der Waals surface area contributed by atoms with Crippen LogP contribution < -0.4 is 10.6 Å². The molecule has 1 aliphatic heterocycles. The molecule has 7 heteroatoms. The van der Waals surface area contributed by atoms with Crippen molar-refractivity contribution in [1.82, 2.24) is 4.98 Å². The van der Waals surface area contributed by atoms with Crippen molar-refractivity contribution in [3.05, 3.63) is 47.4 Å². The first-order valence-corrected chi connectivity index (χ1v) is 8.06. The molecule has 0 saturated carbocycles. The predicted molar refractivity (Wildman–Crippen MR) is 91.1 cm³/mol. The number of anilines is 3. The molecule has 5 nitrogen and oxygen atoms in total. The first kappa shape index (κ1) is 16.7. The summed E-state index contributed by atoms with van der Waals surface area (Å²) in [5.74, 6) is -0.0303. The lowest BCUT2D eigenvalue weighted by Crippen LogP contribution is -2.28. The zero-order valence-corrected chi connectivity index (χ0v) is 13.6. The minimum Gasteiger partial charge on any atom is -0.381 e. The number of halogens is 2. The summed E-state index contributed by atoms with van der Waals surface area (Å²) in [4.78, 5) is 16.4. The SMILES string of the molecule is O=C(Nc1ccc(Nc2ccc(F)c(Cl)c2)cn1)C1CCOCC1. The van der Waals surface area contributed by atoms with Crippen LogP contribution in [0.5, 0.6) is 0 Å². The lowest BCUT2D eigenvalue weighted by atomic mass is 9.99. The van der Waals surface area contributed by atoms with E-state index in [-0.39, 0.29) is 16.8 Å². The van der Waals surface area contributed by atoms with Gasteiger partial charge in [0.05, 0.1) is 16.9 Å². The molecule has 0 spiro atoms. The van der Waals surface area contributed by atoms with E-state index in [4.69, 9.17) is 16.3 Å². The van der Waals surface area contributed by atoms with Gasteiger partial charge in [0.2, 0.25) is 5.91 Å². The van der Waals surface area contributed by atoms with Gasteiger partial charge >= 0.3 is 0 Å². The first-order chi connectivity index (χ1) is 11.6. The molecule has 0 bridgehead atoms. The molecule has 2 aromatic rings. The number of carbonyl (C=O) groups is 1. The summed E-state index contributed by atoms with van der Waals surface area (Å²) in [6, 6.07) is 7.87. The Morgan fingerprint density at radius 2 is 1.96 bits per heavy atom. The van der Waals surface area contributed by atoms with E-state index in [1.807, 2.05) is 0 Å². The highest BCUT2D eigenvalue weighted by atomic mass is 35.5. The maximum Gasteiger partial charge on any atom is 0.228 e. The fourth-order valence-electron chi connectivity index (χ4n) is 2.47. The first-order valence-electron chi connectivity index (χ1n) is 7.68. The molecule has 24 heavy (non-hydrogen) atoms. The van der Waals surface area contributed by atoms with Crippen molar-refractivity contribution in [2.24, 2.45) is 5.92 Å². The molecule has 0 unspecified atom stereocenters. The Morgan fingerprint density at radius 1 is 1.21 bits per heavy atom. The van der Waals surface area contributed by atoms with Crippen LogP contribution in [0.4, 0.5) is 21.6 Å². The van der Waals surface area contributed by atoms with Crippen molar-refractivity contribution in [3.8, 4) is 0 Å². The van der Waals surface area contributed by atoms with Crippen molar-refractivity contribution in [2.75, 3.05) is 23.8 Å². The van der Waals surface area contributed by atoms with Crippen LogP contribution in [0.3, 0.4) is 0 Å². The maximum atomic E-state index is 13.1. The van der Waals surface area contributed by atoms with Crippen molar-refractivity contribution >= 4 is 34.7 Å². The van der Waals surface area contributed by atoms with Crippen molar-refractivity contribution in [1.29, 1.82) is 0 Å². The highest BCUT2D eigenvalue weighted by molar-refractivity contribution is 6.31. The topological polar surface area (TPSA) is 63.2 Å². The Bertz CT molecular complexity index is 718. The number of hydrogen-bond acceptors (Lipinski definition) is 4. The number of aromatic nitrogens is 1. The number of pyridine rings is 1. The highest BCUT2D eigenvalue weighted by Gasteiger charge is 2.21. The Hall–Kier alpha value is -2.18. The van der Waals surface area contributed by atoms with E-state index >= 15 is 0 Å². The van der Waals surface area contributed by atoms with E-state index in [1.165, 1.54) is 12.1 Å². The number of amides is 1. The minimum atomic E-state index is -0.466. The van der Waals surface area contributed by atoms with Gasteiger partial charge in [-0.25, -0.2) is 9.37 Å². The fraction of sp³-hybridized carbons (Fsp3) is 0.294. The molecule has 1 aliphatic rings. The number of benzene rings is 1. The number of rotatable bonds is 4. The monoisotopic (exact) mass is 349 g/mol. The summed E-state index contributed by atoms with van der Waals surface area (Å²) in [6.45, 7) is 1.24. The van der Waals surface area contributed by atoms with E-state index in [1.54, 1.807) is 24.4 Å². The average Bonchev–Trinajstić information content (AvgIpc) is 2.61. The molecule has 1 aromatic heterocycles. The van der Waals surface area contributed by atoms with E-state index in [2.05, 4.69) is 15.6 Å². The van der Waals surface area contributed by atoms with Crippen molar-refractivity contribution in [3.63, 3.8) is 0 Å². The summed E-state index contributed by atoms with van der Waals surface area (Å²) >= 11 is 5.75. The van der Waals surface area contributed by atoms with E-state index in [0.717, 1.165) is 12.8 Å². The number of ether oxygens (including phenoxy) is 1. The molecular weight excluding hydrogens is 333 g/mol. The molecule has 0 radical (unpaired) electrons. The van der Waals surface area contributed by atoms with E-state index in [9.17, 15) is 9.18 Å². The number of nitrogens with zero attached hydrogens (tertiary/aromatic N) is 1. The number of hydrogen-bond donors (Lipinski definition) is 2. The summed E-state index contributed by atoms with van der Waals surface area (Å²) < 4.78 is 18.4. The molecule has 1 aromatic carbocycles. The maximum absolute atomic E-state index is 13.1. The molecule has 1 saturated heterocycles. The van der Waals surface area contributed by atoms with Gasteiger partial charge in [-0.1, -0.05) is 11.6 Å². The Labute approximate surface area is 144 Å². The number of carbonyl (C=O) groups excluding carboxylic acids is 1. The molecule has 0 atom stereocenters. The summed E-state index contributed by atoms with van der Waals surface area (Å²) in [5, 5.41) is 5.94. The lowest BCUT2D eigenvalue weighted by Gasteiger charge is -2.20. The molecule has 1 amide bonds. The van der Waals surface area contributed by atoms with Crippen LogP contribution in [0.1, 0.15) is 12.8 Å². The Kier molecular flexibility index (Phi) is 5.27. The summed E-state index contributed by atoms with van der Waals surface area (Å²) in [7, 11) is 0. The van der Waals surface area contributed by atoms with Crippen LogP contribution in [0.15, 0.2) is 36.5 Å². The van der Waals surface area contributed by atoms with Crippen LogP contribution in [0.25, 0.3) is 0 Å². The molecule has 3 rings (SSSR count). The normalized spacial score (nSPS) is 15.1. The van der Waals surface area contributed by atoms with Gasteiger partial charge in [-0.3, -0.25) is 4.79 Å². The van der Waals surface area contributed by atoms with Crippen LogP contribution >= 0.6 is 11.6 Å². The second-order valence-corrected chi connectivity index (χ2v) is 5.97.